The molecule has 0 radical (unpaired) electrons. The van der Waals surface area contributed by atoms with Gasteiger partial charge in [-0.1, -0.05) is 41.6 Å². The summed E-state index contributed by atoms with van der Waals surface area (Å²) in [5.41, 5.74) is 6.06. The predicted octanol–water partition coefficient (Wildman–Crippen LogP) is 3.65. The first-order valence-corrected chi connectivity index (χ1v) is 12.1. The summed E-state index contributed by atoms with van der Waals surface area (Å²) >= 11 is 0. The summed E-state index contributed by atoms with van der Waals surface area (Å²) in [5, 5.41) is 22.7. The number of rotatable bonds is 10. The van der Waals surface area contributed by atoms with Crippen LogP contribution in [0.4, 0.5) is 10.1 Å². The van der Waals surface area contributed by atoms with E-state index in [1.807, 2.05) is 48.5 Å². The number of hydrogen-bond acceptors (Lipinski definition) is 6. The summed E-state index contributed by atoms with van der Waals surface area (Å²) < 4.78 is 14.6. The molecule has 0 aliphatic rings. The standard InChI is InChI=1S/C28H27FN6O4/c1-18(36)31-24-12-8-21(9-13-24)20-4-2-19(3-5-20)14-26(15-27(37)33-39)35-17-25(32-34-35)16-30-28(38)22-6-10-23(29)11-7-22/h2-13,17,26,39H,14-16H2,1H3,(H,30,38)(H,31,36)(H,33,37)/t26-/m1/s1. The number of benzene rings is 3. The van der Waals surface area contributed by atoms with Crippen molar-refractivity contribution in [2.45, 2.75) is 32.4 Å². The Bertz CT molecular complexity index is 1440. The average molecular weight is 531 g/mol. The maximum absolute atomic E-state index is 13.1. The van der Waals surface area contributed by atoms with E-state index in [9.17, 15) is 18.8 Å². The van der Waals surface area contributed by atoms with Crippen LogP contribution < -0.4 is 16.1 Å². The first-order chi connectivity index (χ1) is 18.8. The maximum atomic E-state index is 13.1. The van der Waals surface area contributed by atoms with E-state index in [2.05, 4.69) is 20.9 Å². The summed E-state index contributed by atoms with van der Waals surface area (Å²) in [6, 6.07) is 20.0. The monoisotopic (exact) mass is 530 g/mol. The van der Waals surface area contributed by atoms with Crippen LogP contribution in [0.3, 0.4) is 0 Å². The lowest BCUT2D eigenvalue weighted by Crippen LogP contribution is -2.25. The topological polar surface area (TPSA) is 138 Å². The van der Waals surface area contributed by atoms with E-state index in [0.29, 0.717) is 17.7 Å². The number of aromatic nitrogens is 3. The van der Waals surface area contributed by atoms with Crippen molar-refractivity contribution in [1.29, 1.82) is 0 Å². The third kappa shape index (κ3) is 7.55. The van der Waals surface area contributed by atoms with Gasteiger partial charge in [0, 0.05) is 18.2 Å². The lowest BCUT2D eigenvalue weighted by Gasteiger charge is -2.16. The van der Waals surface area contributed by atoms with Crippen LogP contribution in [0.5, 0.6) is 0 Å². The minimum absolute atomic E-state index is 0.0480. The Balaban J connectivity index is 1.42. The molecule has 4 rings (SSSR count). The second-order valence-corrected chi connectivity index (χ2v) is 8.93. The molecular weight excluding hydrogens is 503 g/mol. The Morgan fingerprint density at radius 3 is 2.21 bits per heavy atom. The van der Waals surface area contributed by atoms with Crippen molar-refractivity contribution >= 4 is 23.4 Å². The summed E-state index contributed by atoms with van der Waals surface area (Å²) in [5.74, 6) is -1.52. The Labute approximate surface area is 223 Å². The maximum Gasteiger partial charge on any atom is 0.251 e. The van der Waals surface area contributed by atoms with Crippen LogP contribution in [0.15, 0.2) is 79.0 Å². The molecule has 1 aromatic heterocycles. The first-order valence-electron chi connectivity index (χ1n) is 12.1. The quantitative estimate of drug-likeness (QED) is 0.182. The molecule has 3 aromatic carbocycles. The zero-order valence-electron chi connectivity index (χ0n) is 21.1. The number of nitrogens with one attached hydrogen (secondary N) is 3. The Morgan fingerprint density at radius 2 is 1.59 bits per heavy atom. The van der Waals surface area contributed by atoms with Crippen molar-refractivity contribution < 1.29 is 24.0 Å². The number of nitrogens with zero attached hydrogens (tertiary/aromatic N) is 3. The SMILES string of the molecule is CC(=O)Nc1ccc(-c2ccc(C[C@H](CC(=O)NO)n3cc(CNC(=O)c4ccc(F)cc4)nn3)cc2)cc1. The number of anilines is 1. The van der Waals surface area contributed by atoms with Gasteiger partial charge in [-0.3, -0.25) is 19.6 Å². The van der Waals surface area contributed by atoms with Gasteiger partial charge in [0.15, 0.2) is 0 Å². The van der Waals surface area contributed by atoms with Crippen LogP contribution in [-0.4, -0.2) is 37.9 Å². The molecule has 1 atom stereocenters. The molecule has 39 heavy (non-hydrogen) atoms. The van der Waals surface area contributed by atoms with Gasteiger partial charge in [0.1, 0.15) is 11.5 Å². The molecule has 200 valence electrons. The summed E-state index contributed by atoms with van der Waals surface area (Å²) in [7, 11) is 0. The first kappa shape index (κ1) is 27.1. The molecule has 0 aliphatic heterocycles. The van der Waals surface area contributed by atoms with E-state index < -0.39 is 17.8 Å². The summed E-state index contributed by atoms with van der Waals surface area (Å²) in [6.07, 6.45) is 2.01. The van der Waals surface area contributed by atoms with Gasteiger partial charge in [0.2, 0.25) is 11.8 Å². The number of carbonyl (C=O) groups excluding carboxylic acids is 3. The van der Waals surface area contributed by atoms with Gasteiger partial charge >= 0.3 is 0 Å². The lowest BCUT2D eigenvalue weighted by molar-refractivity contribution is -0.130. The van der Waals surface area contributed by atoms with E-state index in [1.54, 1.807) is 11.7 Å². The lowest BCUT2D eigenvalue weighted by atomic mass is 9.99. The van der Waals surface area contributed by atoms with Crippen LogP contribution in [0.25, 0.3) is 11.1 Å². The van der Waals surface area contributed by atoms with Crippen molar-refractivity contribution in [3.05, 3.63) is 102 Å². The molecule has 4 aromatic rings. The van der Waals surface area contributed by atoms with Gasteiger partial charge < -0.3 is 10.6 Å². The predicted molar refractivity (Wildman–Crippen MR) is 141 cm³/mol. The molecule has 11 heteroatoms. The second kappa shape index (κ2) is 12.6. The molecule has 0 spiro atoms. The largest absolute Gasteiger partial charge is 0.346 e. The molecule has 0 unspecified atom stereocenters. The van der Waals surface area contributed by atoms with Gasteiger partial charge in [-0.15, -0.1) is 5.10 Å². The van der Waals surface area contributed by atoms with Crippen molar-refractivity contribution in [3.63, 3.8) is 0 Å². The van der Waals surface area contributed by atoms with E-state index in [4.69, 9.17) is 5.21 Å². The normalized spacial score (nSPS) is 11.5. The van der Waals surface area contributed by atoms with E-state index in [1.165, 1.54) is 35.9 Å². The molecule has 0 saturated heterocycles. The van der Waals surface area contributed by atoms with Gasteiger partial charge in [0.05, 0.1) is 25.2 Å². The number of halogens is 1. The second-order valence-electron chi connectivity index (χ2n) is 8.93. The Morgan fingerprint density at radius 1 is 0.949 bits per heavy atom. The van der Waals surface area contributed by atoms with Gasteiger partial charge in [0.25, 0.3) is 5.91 Å². The minimum Gasteiger partial charge on any atom is -0.346 e. The fourth-order valence-corrected chi connectivity index (χ4v) is 4.02. The average Bonchev–Trinajstić information content (AvgIpc) is 3.41. The van der Waals surface area contributed by atoms with Gasteiger partial charge in [-0.05, 0) is 59.5 Å². The molecule has 0 fully saturated rings. The fraction of sp³-hybridized carbons (Fsp3) is 0.179. The van der Waals surface area contributed by atoms with E-state index in [-0.39, 0.29) is 24.8 Å². The van der Waals surface area contributed by atoms with Crippen molar-refractivity contribution in [2.24, 2.45) is 0 Å². The van der Waals surface area contributed by atoms with E-state index in [0.717, 1.165) is 22.4 Å². The van der Waals surface area contributed by atoms with E-state index >= 15 is 0 Å². The van der Waals surface area contributed by atoms with Crippen molar-refractivity contribution in [3.8, 4) is 11.1 Å². The van der Waals surface area contributed by atoms with Crippen molar-refractivity contribution in [1.82, 2.24) is 25.8 Å². The molecule has 3 amide bonds. The van der Waals surface area contributed by atoms with Crippen LogP contribution in [-0.2, 0) is 22.6 Å². The highest BCUT2D eigenvalue weighted by atomic mass is 19.1. The van der Waals surface area contributed by atoms with Crippen molar-refractivity contribution in [2.75, 3.05) is 5.32 Å². The molecule has 0 bridgehead atoms. The Kier molecular flexibility index (Phi) is 8.75. The minimum atomic E-state index is -0.572. The molecule has 0 aliphatic carbocycles. The zero-order chi connectivity index (χ0) is 27.8. The molecule has 4 N–H and O–H groups in total. The zero-order valence-corrected chi connectivity index (χ0v) is 21.1. The molecule has 0 saturated carbocycles. The smallest absolute Gasteiger partial charge is 0.251 e. The molecule has 10 nitrogen and oxygen atoms in total. The third-order valence-corrected chi connectivity index (χ3v) is 5.98. The molecule has 1 heterocycles. The third-order valence-electron chi connectivity index (χ3n) is 5.98. The summed E-state index contributed by atoms with van der Waals surface area (Å²) in [4.78, 5) is 35.5. The van der Waals surface area contributed by atoms with Crippen LogP contribution in [0, 0.1) is 5.82 Å². The number of carbonyl (C=O) groups is 3. The highest BCUT2D eigenvalue weighted by Crippen LogP contribution is 2.24. The van der Waals surface area contributed by atoms with Crippen LogP contribution >= 0.6 is 0 Å². The highest BCUT2D eigenvalue weighted by molar-refractivity contribution is 5.94. The molecular formula is C28H27FN6O4. The number of hydroxylamine groups is 1. The highest BCUT2D eigenvalue weighted by Gasteiger charge is 2.19. The Hall–Kier alpha value is -4.90. The van der Waals surface area contributed by atoms with Gasteiger partial charge in [-0.25, -0.2) is 14.6 Å². The number of amides is 3. The fourth-order valence-electron chi connectivity index (χ4n) is 4.02. The van der Waals surface area contributed by atoms with Crippen LogP contribution in [0.1, 0.15) is 41.0 Å². The summed E-state index contributed by atoms with van der Waals surface area (Å²) in [6.45, 7) is 1.54. The van der Waals surface area contributed by atoms with Gasteiger partial charge in [-0.2, -0.15) is 0 Å². The number of hydrogen-bond donors (Lipinski definition) is 4. The van der Waals surface area contributed by atoms with Crippen LogP contribution in [0.2, 0.25) is 0 Å².